The lowest BCUT2D eigenvalue weighted by Crippen LogP contribution is -2.42. The van der Waals surface area contributed by atoms with Crippen molar-refractivity contribution in [1.82, 2.24) is 0 Å². The third-order valence-electron chi connectivity index (χ3n) is 3.61. The molecule has 3 heteroatoms. The zero-order valence-electron chi connectivity index (χ0n) is 10.3. The van der Waals surface area contributed by atoms with Crippen LogP contribution in [0.1, 0.15) is 24.5 Å². The molecule has 90 valence electrons. The summed E-state index contributed by atoms with van der Waals surface area (Å²) in [5.74, 6) is 0.380. The first-order valence-corrected chi connectivity index (χ1v) is 6.05. The van der Waals surface area contributed by atoms with Crippen molar-refractivity contribution in [3.05, 3.63) is 29.3 Å². The minimum Gasteiger partial charge on any atom is -0.391 e. The first kappa shape index (κ1) is 11.9. The number of aliphatic hydroxyl groups excluding tert-OH is 1. The van der Waals surface area contributed by atoms with Gasteiger partial charge in [0.05, 0.1) is 17.7 Å². The van der Waals surface area contributed by atoms with Gasteiger partial charge in [-0.15, -0.1) is 0 Å². The zero-order chi connectivity index (χ0) is 12.4. The Balaban J connectivity index is 2.18. The molecule has 1 aromatic carbocycles. The molecule has 1 aliphatic heterocycles. The number of piperidine rings is 1. The number of nitriles is 1. The Kier molecular flexibility index (Phi) is 3.35. The summed E-state index contributed by atoms with van der Waals surface area (Å²) in [7, 11) is 0. The number of benzene rings is 1. The maximum Gasteiger partial charge on any atom is 0.0994 e. The molecule has 2 atom stereocenters. The van der Waals surface area contributed by atoms with Gasteiger partial charge in [0, 0.05) is 18.8 Å². The van der Waals surface area contributed by atoms with Gasteiger partial charge in [0.2, 0.25) is 0 Å². The third-order valence-corrected chi connectivity index (χ3v) is 3.61. The average molecular weight is 230 g/mol. The number of rotatable bonds is 1. The third kappa shape index (κ3) is 2.42. The molecule has 0 spiro atoms. The summed E-state index contributed by atoms with van der Waals surface area (Å²) in [5, 5.41) is 18.8. The van der Waals surface area contributed by atoms with Gasteiger partial charge in [0.25, 0.3) is 0 Å². The van der Waals surface area contributed by atoms with Crippen LogP contribution < -0.4 is 4.90 Å². The predicted octanol–water partition coefficient (Wildman–Crippen LogP) is 2.07. The van der Waals surface area contributed by atoms with E-state index in [4.69, 9.17) is 5.26 Å². The molecule has 1 aromatic rings. The molecule has 1 fully saturated rings. The molecule has 2 unspecified atom stereocenters. The van der Waals surface area contributed by atoms with Crippen LogP contribution in [0.4, 0.5) is 5.69 Å². The van der Waals surface area contributed by atoms with E-state index < -0.39 is 0 Å². The number of anilines is 1. The summed E-state index contributed by atoms with van der Waals surface area (Å²) in [6.07, 6.45) is 0.764. The van der Waals surface area contributed by atoms with E-state index in [1.165, 1.54) is 0 Å². The summed E-state index contributed by atoms with van der Waals surface area (Å²) in [5.41, 5.74) is 2.82. The minimum absolute atomic E-state index is 0.250. The van der Waals surface area contributed by atoms with E-state index in [1.807, 2.05) is 25.1 Å². The Bertz CT molecular complexity index is 450. The summed E-state index contributed by atoms with van der Waals surface area (Å²) in [6, 6.07) is 8.03. The maximum absolute atomic E-state index is 9.89. The average Bonchev–Trinajstić information content (AvgIpc) is 2.32. The molecule has 0 aliphatic carbocycles. The minimum atomic E-state index is -0.250. The van der Waals surface area contributed by atoms with Crippen LogP contribution in [-0.4, -0.2) is 24.3 Å². The monoisotopic (exact) mass is 230 g/mol. The Hall–Kier alpha value is -1.53. The Morgan fingerprint density at radius 2 is 2.24 bits per heavy atom. The summed E-state index contributed by atoms with van der Waals surface area (Å²) < 4.78 is 0. The number of aryl methyl sites for hydroxylation is 1. The van der Waals surface area contributed by atoms with Crippen molar-refractivity contribution in [1.29, 1.82) is 5.26 Å². The second-order valence-corrected chi connectivity index (χ2v) is 4.89. The van der Waals surface area contributed by atoms with Crippen molar-refractivity contribution in [2.75, 3.05) is 18.0 Å². The van der Waals surface area contributed by atoms with E-state index in [0.29, 0.717) is 12.5 Å². The molecule has 0 aromatic heterocycles. The van der Waals surface area contributed by atoms with Crippen LogP contribution >= 0.6 is 0 Å². The molecular weight excluding hydrogens is 212 g/mol. The Labute approximate surface area is 102 Å². The lowest BCUT2D eigenvalue weighted by atomic mass is 9.95. The van der Waals surface area contributed by atoms with Gasteiger partial charge in [0.15, 0.2) is 0 Å². The van der Waals surface area contributed by atoms with Gasteiger partial charge in [-0.25, -0.2) is 0 Å². The molecule has 0 amide bonds. The van der Waals surface area contributed by atoms with E-state index in [0.717, 1.165) is 29.8 Å². The summed E-state index contributed by atoms with van der Waals surface area (Å²) in [4.78, 5) is 2.19. The largest absolute Gasteiger partial charge is 0.391 e. The van der Waals surface area contributed by atoms with E-state index in [1.54, 1.807) is 0 Å². The second-order valence-electron chi connectivity index (χ2n) is 4.89. The van der Waals surface area contributed by atoms with Crippen LogP contribution in [0.15, 0.2) is 18.2 Å². The molecular formula is C14H18N2O. The van der Waals surface area contributed by atoms with Gasteiger partial charge in [-0.1, -0.05) is 6.92 Å². The molecule has 0 radical (unpaired) electrons. The van der Waals surface area contributed by atoms with Crippen molar-refractivity contribution in [2.45, 2.75) is 26.4 Å². The van der Waals surface area contributed by atoms with Crippen LogP contribution in [0.25, 0.3) is 0 Å². The molecule has 0 saturated carbocycles. The van der Waals surface area contributed by atoms with Crippen molar-refractivity contribution in [3.8, 4) is 6.07 Å². The quantitative estimate of drug-likeness (QED) is 0.803. The van der Waals surface area contributed by atoms with Gasteiger partial charge in [-0.05, 0) is 43.0 Å². The molecule has 1 saturated heterocycles. The number of hydrogen-bond acceptors (Lipinski definition) is 3. The maximum atomic E-state index is 9.89. The number of aliphatic hydroxyl groups is 1. The van der Waals surface area contributed by atoms with Crippen molar-refractivity contribution < 1.29 is 5.11 Å². The van der Waals surface area contributed by atoms with Gasteiger partial charge < -0.3 is 10.0 Å². The highest BCUT2D eigenvalue weighted by Gasteiger charge is 2.24. The van der Waals surface area contributed by atoms with E-state index in [9.17, 15) is 5.11 Å². The van der Waals surface area contributed by atoms with Crippen LogP contribution in [-0.2, 0) is 0 Å². The molecule has 1 aliphatic rings. The fourth-order valence-electron chi connectivity index (χ4n) is 2.25. The molecule has 1 N–H and O–H groups in total. The predicted molar refractivity (Wildman–Crippen MR) is 67.9 cm³/mol. The number of nitrogens with zero attached hydrogens (tertiary/aromatic N) is 2. The standard InChI is InChI=1S/C14H18N2O/c1-10-5-6-16(9-14(10)17)13-4-3-12(8-15)11(2)7-13/h3-4,7,10,14,17H,5-6,9H2,1-2H3. The lowest BCUT2D eigenvalue weighted by Gasteiger charge is -2.36. The smallest absolute Gasteiger partial charge is 0.0994 e. The van der Waals surface area contributed by atoms with Crippen LogP contribution in [0.2, 0.25) is 0 Å². The highest BCUT2D eigenvalue weighted by Crippen LogP contribution is 2.25. The number of β-amino-alcohol motifs (C(OH)–C–C–N with tert-alkyl or cyclic N) is 1. The zero-order valence-corrected chi connectivity index (χ0v) is 10.3. The first-order chi connectivity index (χ1) is 8.11. The fraction of sp³-hybridized carbons (Fsp3) is 0.500. The molecule has 1 heterocycles. The highest BCUT2D eigenvalue weighted by atomic mass is 16.3. The van der Waals surface area contributed by atoms with Gasteiger partial charge in [0.1, 0.15) is 0 Å². The number of hydrogen-bond donors (Lipinski definition) is 1. The van der Waals surface area contributed by atoms with Gasteiger partial charge in [-0.2, -0.15) is 5.26 Å². The van der Waals surface area contributed by atoms with Gasteiger partial charge >= 0.3 is 0 Å². The molecule has 2 rings (SSSR count). The van der Waals surface area contributed by atoms with E-state index >= 15 is 0 Å². The highest BCUT2D eigenvalue weighted by molar-refractivity contribution is 5.53. The SMILES string of the molecule is Cc1cc(N2CCC(C)C(O)C2)ccc1C#N. The molecule has 0 bridgehead atoms. The normalized spacial score (nSPS) is 24.5. The van der Waals surface area contributed by atoms with Crippen LogP contribution in [0.5, 0.6) is 0 Å². The first-order valence-electron chi connectivity index (χ1n) is 6.05. The molecule has 17 heavy (non-hydrogen) atoms. The van der Waals surface area contributed by atoms with Crippen LogP contribution in [0.3, 0.4) is 0 Å². The summed E-state index contributed by atoms with van der Waals surface area (Å²) in [6.45, 7) is 5.70. The van der Waals surface area contributed by atoms with Gasteiger partial charge in [-0.3, -0.25) is 0 Å². The topological polar surface area (TPSA) is 47.3 Å². The Morgan fingerprint density at radius 1 is 1.47 bits per heavy atom. The summed E-state index contributed by atoms with van der Waals surface area (Å²) >= 11 is 0. The fourth-order valence-corrected chi connectivity index (χ4v) is 2.25. The second kappa shape index (κ2) is 4.77. The van der Waals surface area contributed by atoms with Crippen LogP contribution in [0, 0.1) is 24.2 Å². The Morgan fingerprint density at radius 3 is 2.82 bits per heavy atom. The lowest BCUT2D eigenvalue weighted by molar-refractivity contribution is 0.103. The molecule has 3 nitrogen and oxygen atoms in total. The van der Waals surface area contributed by atoms with E-state index in [2.05, 4.69) is 17.9 Å². The van der Waals surface area contributed by atoms with Crippen molar-refractivity contribution in [3.63, 3.8) is 0 Å². The van der Waals surface area contributed by atoms with Crippen molar-refractivity contribution in [2.24, 2.45) is 5.92 Å². The van der Waals surface area contributed by atoms with Crippen molar-refractivity contribution >= 4 is 5.69 Å². The van der Waals surface area contributed by atoms with E-state index in [-0.39, 0.29) is 6.10 Å².